The SMILES string of the molecule is c1cc2c([nH]1)CCN2. The fraction of sp³-hybridized carbons (Fsp3) is 0.333. The van der Waals surface area contributed by atoms with Gasteiger partial charge in [0.05, 0.1) is 5.69 Å². The van der Waals surface area contributed by atoms with E-state index in [9.17, 15) is 0 Å². The molecule has 0 saturated heterocycles. The maximum absolute atomic E-state index is 3.25. The van der Waals surface area contributed by atoms with Crippen LogP contribution in [-0.2, 0) is 6.42 Å². The van der Waals surface area contributed by atoms with E-state index in [0.717, 1.165) is 13.0 Å². The predicted molar refractivity (Wildman–Crippen MR) is 33.0 cm³/mol. The van der Waals surface area contributed by atoms with Crippen molar-refractivity contribution < 1.29 is 0 Å². The van der Waals surface area contributed by atoms with Gasteiger partial charge in [-0.3, -0.25) is 0 Å². The average molecular weight is 108 g/mol. The lowest BCUT2D eigenvalue weighted by molar-refractivity contribution is 1.05. The molecule has 0 bridgehead atoms. The van der Waals surface area contributed by atoms with Crippen LogP contribution in [0, 0.1) is 0 Å². The quantitative estimate of drug-likeness (QED) is 0.509. The van der Waals surface area contributed by atoms with Crippen molar-refractivity contribution in [1.29, 1.82) is 0 Å². The molecule has 2 heteroatoms. The van der Waals surface area contributed by atoms with Gasteiger partial charge in [-0.2, -0.15) is 0 Å². The number of H-pyrrole nitrogens is 1. The maximum atomic E-state index is 3.25. The van der Waals surface area contributed by atoms with Crippen LogP contribution in [0.15, 0.2) is 12.3 Å². The lowest BCUT2D eigenvalue weighted by Crippen LogP contribution is -1.91. The first-order valence-electron chi connectivity index (χ1n) is 2.87. The topological polar surface area (TPSA) is 27.8 Å². The first-order chi connectivity index (χ1) is 3.97. The molecule has 0 spiro atoms. The van der Waals surface area contributed by atoms with E-state index in [-0.39, 0.29) is 0 Å². The fourth-order valence-corrected chi connectivity index (χ4v) is 1.10. The lowest BCUT2D eigenvalue weighted by atomic mass is 10.3. The summed E-state index contributed by atoms with van der Waals surface area (Å²) in [4.78, 5) is 3.16. The molecule has 1 aromatic rings. The number of anilines is 1. The lowest BCUT2D eigenvalue weighted by Gasteiger charge is -1.85. The van der Waals surface area contributed by atoms with Gasteiger partial charge in [0.1, 0.15) is 0 Å². The van der Waals surface area contributed by atoms with Crippen molar-refractivity contribution in [2.45, 2.75) is 6.42 Å². The largest absolute Gasteiger partial charge is 0.383 e. The van der Waals surface area contributed by atoms with E-state index < -0.39 is 0 Å². The third kappa shape index (κ3) is 0.372. The third-order valence-corrected chi connectivity index (χ3v) is 1.52. The van der Waals surface area contributed by atoms with Crippen molar-refractivity contribution in [1.82, 2.24) is 4.98 Å². The Morgan fingerprint density at radius 3 is 3.38 bits per heavy atom. The minimum atomic E-state index is 1.10. The van der Waals surface area contributed by atoms with Crippen molar-refractivity contribution in [2.75, 3.05) is 11.9 Å². The van der Waals surface area contributed by atoms with Gasteiger partial charge in [-0.25, -0.2) is 0 Å². The van der Waals surface area contributed by atoms with E-state index in [0.29, 0.717) is 0 Å². The van der Waals surface area contributed by atoms with Gasteiger partial charge in [-0.05, 0) is 6.07 Å². The van der Waals surface area contributed by atoms with E-state index in [1.54, 1.807) is 0 Å². The molecule has 42 valence electrons. The summed E-state index contributed by atoms with van der Waals surface area (Å²) in [6.07, 6.45) is 3.12. The fourth-order valence-electron chi connectivity index (χ4n) is 1.10. The predicted octanol–water partition coefficient (Wildman–Crippen LogP) is 0.983. The Morgan fingerprint density at radius 1 is 1.50 bits per heavy atom. The summed E-state index contributed by atoms with van der Waals surface area (Å²) in [5.74, 6) is 0. The molecule has 1 aliphatic heterocycles. The summed E-state index contributed by atoms with van der Waals surface area (Å²) in [6, 6.07) is 2.07. The Bertz CT molecular complexity index is 172. The normalized spacial score (nSPS) is 15.5. The standard InChI is InChI=1S/C6H8N2/c1-3-7-6-2-4-8-5(1)6/h1,3,7-8H,2,4H2. The Hall–Kier alpha value is -0.920. The van der Waals surface area contributed by atoms with E-state index in [2.05, 4.69) is 16.4 Å². The maximum Gasteiger partial charge on any atom is 0.0551 e. The molecule has 0 aliphatic carbocycles. The Balaban J connectivity index is 2.54. The van der Waals surface area contributed by atoms with Crippen LogP contribution >= 0.6 is 0 Å². The molecule has 0 amide bonds. The highest BCUT2D eigenvalue weighted by molar-refractivity contribution is 5.52. The van der Waals surface area contributed by atoms with Crippen LogP contribution in [0.4, 0.5) is 5.69 Å². The summed E-state index contributed by atoms with van der Waals surface area (Å²) >= 11 is 0. The van der Waals surface area contributed by atoms with Crippen molar-refractivity contribution >= 4 is 5.69 Å². The molecule has 0 fully saturated rings. The second-order valence-electron chi connectivity index (χ2n) is 2.05. The molecule has 2 heterocycles. The molecule has 0 aromatic carbocycles. The molecule has 1 aromatic heterocycles. The van der Waals surface area contributed by atoms with Gasteiger partial charge in [0.25, 0.3) is 0 Å². The zero-order valence-electron chi connectivity index (χ0n) is 4.57. The molecule has 2 rings (SSSR count). The van der Waals surface area contributed by atoms with Crippen LogP contribution in [0.1, 0.15) is 5.69 Å². The highest BCUT2D eigenvalue weighted by atomic mass is 14.9. The zero-order chi connectivity index (χ0) is 5.40. The number of aromatic amines is 1. The number of rotatable bonds is 0. The van der Waals surface area contributed by atoms with Crippen LogP contribution in [0.25, 0.3) is 0 Å². The molecule has 1 aliphatic rings. The van der Waals surface area contributed by atoms with E-state index in [4.69, 9.17) is 0 Å². The molecule has 0 unspecified atom stereocenters. The zero-order valence-corrected chi connectivity index (χ0v) is 4.57. The molecule has 0 saturated carbocycles. The summed E-state index contributed by atoms with van der Waals surface area (Å²) in [5.41, 5.74) is 2.63. The van der Waals surface area contributed by atoms with Gasteiger partial charge in [-0.15, -0.1) is 0 Å². The van der Waals surface area contributed by atoms with Crippen LogP contribution in [0.3, 0.4) is 0 Å². The van der Waals surface area contributed by atoms with Crippen molar-refractivity contribution in [3.8, 4) is 0 Å². The second kappa shape index (κ2) is 1.28. The van der Waals surface area contributed by atoms with Crippen molar-refractivity contribution in [3.05, 3.63) is 18.0 Å². The summed E-state index contributed by atoms with van der Waals surface area (Å²) < 4.78 is 0. The smallest absolute Gasteiger partial charge is 0.0551 e. The number of hydrogen-bond acceptors (Lipinski definition) is 1. The van der Waals surface area contributed by atoms with Crippen LogP contribution in [0.5, 0.6) is 0 Å². The minimum absolute atomic E-state index is 1.10. The van der Waals surface area contributed by atoms with Gasteiger partial charge in [0.2, 0.25) is 0 Å². The Kier molecular flexibility index (Phi) is 0.640. The minimum Gasteiger partial charge on any atom is -0.383 e. The number of hydrogen-bond donors (Lipinski definition) is 2. The third-order valence-electron chi connectivity index (χ3n) is 1.52. The highest BCUT2D eigenvalue weighted by Crippen LogP contribution is 2.18. The highest BCUT2D eigenvalue weighted by Gasteiger charge is 2.07. The second-order valence-corrected chi connectivity index (χ2v) is 2.05. The van der Waals surface area contributed by atoms with Gasteiger partial charge in [0, 0.05) is 24.9 Å². The molecule has 2 N–H and O–H groups in total. The summed E-state index contributed by atoms with van der Waals surface area (Å²) in [7, 11) is 0. The van der Waals surface area contributed by atoms with E-state index >= 15 is 0 Å². The van der Waals surface area contributed by atoms with Gasteiger partial charge in [0.15, 0.2) is 0 Å². The first-order valence-corrected chi connectivity index (χ1v) is 2.87. The first kappa shape index (κ1) is 4.01. The van der Waals surface area contributed by atoms with Gasteiger partial charge < -0.3 is 10.3 Å². The van der Waals surface area contributed by atoms with Crippen LogP contribution in [-0.4, -0.2) is 11.5 Å². The molecular weight excluding hydrogens is 100 g/mol. The number of nitrogens with one attached hydrogen (secondary N) is 2. The average Bonchev–Trinajstić information content (AvgIpc) is 2.15. The number of aromatic nitrogens is 1. The van der Waals surface area contributed by atoms with E-state index in [1.807, 2.05) is 6.20 Å². The molecule has 0 atom stereocenters. The molecule has 2 nitrogen and oxygen atoms in total. The Morgan fingerprint density at radius 2 is 2.50 bits per heavy atom. The summed E-state index contributed by atoms with van der Waals surface area (Å²) in [6.45, 7) is 1.10. The Labute approximate surface area is 47.9 Å². The van der Waals surface area contributed by atoms with Crippen molar-refractivity contribution in [2.24, 2.45) is 0 Å². The van der Waals surface area contributed by atoms with E-state index in [1.165, 1.54) is 11.4 Å². The van der Waals surface area contributed by atoms with Gasteiger partial charge in [-0.1, -0.05) is 0 Å². The number of fused-ring (bicyclic) bond motifs is 1. The monoisotopic (exact) mass is 108 g/mol. The van der Waals surface area contributed by atoms with Crippen molar-refractivity contribution in [3.63, 3.8) is 0 Å². The molecule has 8 heavy (non-hydrogen) atoms. The summed E-state index contributed by atoms with van der Waals surface area (Å²) in [5, 5.41) is 3.25. The molecule has 0 radical (unpaired) electrons. The molecular formula is C6H8N2. The van der Waals surface area contributed by atoms with Crippen LogP contribution < -0.4 is 5.32 Å². The van der Waals surface area contributed by atoms with Crippen LogP contribution in [0.2, 0.25) is 0 Å². The van der Waals surface area contributed by atoms with Gasteiger partial charge >= 0.3 is 0 Å².